The molecule has 0 aromatic heterocycles. The molecular weight excluding hydrogens is 232 g/mol. The molecule has 0 rings (SSSR count). The number of rotatable bonds is 10. The van der Waals surface area contributed by atoms with Crippen LogP contribution in [0.4, 0.5) is 8.78 Å². The lowest BCUT2D eigenvalue weighted by molar-refractivity contribution is 0.271. The van der Waals surface area contributed by atoms with Crippen LogP contribution in [0.3, 0.4) is 0 Å². The van der Waals surface area contributed by atoms with Gasteiger partial charge in [-0.3, -0.25) is 0 Å². The minimum Gasteiger partial charge on any atom is -0.303 e. The Morgan fingerprint density at radius 2 is 1.78 bits per heavy atom. The van der Waals surface area contributed by atoms with Gasteiger partial charge in [0.15, 0.2) is 5.83 Å². The summed E-state index contributed by atoms with van der Waals surface area (Å²) >= 11 is 0. The summed E-state index contributed by atoms with van der Waals surface area (Å²) in [5, 5.41) is 0. The zero-order valence-electron chi connectivity index (χ0n) is 11.6. The molecule has 0 saturated carbocycles. The van der Waals surface area contributed by atoms with Gasteiger partial charge in [-0.15, -0.1) is 0 Å². The Bertz CT molecular complexity index is 276. The van der Waals surface area contributed by atoms with Crippen molar-refractivity contribution in [2.24, 2.45) is 0 Å². The van der Waals surface area contributed by atoms with Crippen LogP contribution in [0, 0.1) is 0 Å². The second kappa shape index (κ2) is 11.1. The second-order valence-electron chi connectivity index (χ2n) is 4.33. The molecule has 0 fully saturated rings. The Morgan fingerprint density at radius 3 is 2.22 bits per heavy atom. The second-order valence-corrected chi connectivity index (χ2v) is 4.33. The monoisotopic (exact) mass is 257 g/mol. The molecule has 1 nitrogen and oxygen atoms in total. The van der Waals surface area contributed by atoms with Crippen LogP contribution in [0.25, 0.3) is 0 Å². The fourth-order valence-corrected chi connectivity index (χ4v) is 1.96. The molecule has 0 aliphatic carbocycles. The van der Waals surface area contributed by atoms with Crippen LogP contribution in [0.15, 0.2) is 36.5 Å². The maximum atomic E-state index is 13.2. The molecule has 0 spiro atoms. The van der Waals surface area contributed by atoms with Gasteiger partial charge < -0.3 is 4.90 Å². The molecule has 0 amide bonds. The average molecular weight is 257 g/mol. The van der Waals surface area contributed by atoms with Gasteiger partial charge in [0, 0.05) is 0 Å². The molecule has 0 aliphatic rings. The summed E-state index contributed by atoms with van der Waals surface area (Å²) in [5.74, 6) is -0.785. The zero-order chi connectivity index (χ0) is 13.8. The maximum absolute atomic E-state index is 13.2. The highest BCUT2D eigenvalue weighted by Gasteiger charge is 2.06. The van der Waals surface area contributed by atoms with Gasteiger partial charge >= 0.3 is 0 Å². The van der Waals surface area contributed by atoms with E-state index in [-0.39, 0.29) is 6.33 Å². The highest BCUT2D eigenvalue weighted by Crippen LogP contribution is 2.18. The van der Waals surface area contributed by atoms with Crippen LogP contribution in [-0.4, -0.2) is 24.5 Å². The molecule has 3 heteroatoms. The summed E-state index contributed by atoms with van der Waals surface area (Å²) in [7, 11) is 0. The first-order valence-corrected chi connectivity index (χ1v) is 6.69. The van der Waals surface area contributed by atoms with Gasteiger partial charge in [-0.1, -0.05) is 32.6 Å². The van der Waals surface area contributed by atoms with Gasteiger partial charge in [-0.25, -0.2) is 8.78 Å². The minimum atomic E-state index is -0.785. The van der Waals surface area contributed by atoms with E-state index in [1.165, 1.54) is 12.2 Å². The minimum absolute atomic E-state index is 0.0190. The van der Waals surface area contributed by atoms with E-state index in [0.717, 1.165) is 38.9 Å². The Labute approximate surface area is 110 Å². The first kappa shape index (κ1) is 17.0. The lowest BCUT2D eigenvalue weighted by Crippen LogP contribution is -2.26. The third-order valence-electron chi connectivity index (χ3n) is 2.72. The van der Waals surface area contributed by atoms with Crippen molar-refractivity contribution in [2.45, 2.75) is 39.5 Å². The van der Waals surface area contributed by atoms with Crippen molar-refractivity contribution >= 4 is 0 Å². The van der Waals surface area contributed by atoms with Crippen LogP contribution in [0.1, 0.15) is 39.5 Å². The van der Waals surface area contributed by atoms with E-state index in [2.05, 4.69) is 25.3 Å². The molecule has 0 bridgehead atoms. The molecular formula is C15H25F2N. The van der Waals surface area contributed by atoms with E-state index in [1.54, 1.807) is 0 Å². The molecule has 0 aliphatic heterocycles. The summed E-state index contributed by atoms with van der Waals surface area (Å²) in [6.45, 7) is 10.9. The smallest absolute Gasteiger partial charge is 0.154 e. The Balaban J connectivity index is 4.19. The Hall–Kier alpha value is -0.960. The van der Waals surface area contributed by atoms with Crippen LogP contribution in [-0.2, 0) is 0 Å². The van der Waals surface area contributed by atoms with Crippen molar-refractivity contribution in [2.75, 3.05) is 19.6 Å². The van der Waals surface area contributed by atoms with Gasteiger partial charge in [-0.05, 0) is 50.9 Å². The number of nitrogens with zero attached hydrogens (tertiary/aromatic N) is 1. The summed E-state index contributed by atoms with van der Waals surface area (Å²) in [6, 6.07) is 0. The molecule has 0 N–H and O–H groups in total. The molecule has 0 aromatic rings. The fraction of sp³-hybridized carbons (Fsp3) is 0.600. The molecule has 0 radical (unpaired) electrons. The summed E-state index contributed by atoms with van der Waals surface area (Å²) < 4.78 is 25.3. The number of hydrogen-bond donors (Lipinski definition) is 0. The predicted molar refractivity (Wildman–Crippen MR) is 74.8 cm³/mol. The van der Waals surface area contributed by atoms with Crippen LogP contribution < -0.4 is 0 Å². The quantitative estimate of drug-likeness (QED) is 0.509. The molecule has 0 saturated heterocycles. The van der Waals surface area contributed by atoms with E-state index >= 15 is 0 Å². The topological polar surface area (TPSA) is 3.24 Å². The van der Waals surface area contributed by atoms with Crippen molar-refractivity contribution in [3.8, 4) is 0 Å². The number of halogens is 2. The van der Waals surface area contributed by atoms with Gasteiger partial charge in [0.2, 0.25) is 0 Å². The van der Waals surface area contributed by atoms with Crippen LogP contribution in [0.2, 0.25) is 0 Å². The van der Waals surface area contributed by atoms with Crippen molar-refractivity contribution in [1.29, 1.82) is 0 Å². The van der Waals surface area contributed by atoms with E-state index in [9.17, 15) is 8.78 Å². The summed E-state index contributed by atoms with van der Waals surface area (Å²) in [5.41, 5.74) is 0.389. The largest absolute Gasteiger partial charge is 0.303 e. The maximum Gasteiger partial charge on any atom is 0.154 e. The SMILES string of the molecule is C=C/C=C(CCCN(CCC)CCC)\C(F)=C\F. The fourth-order valence-electron chi connectivity index (χ4n) is 1.96. The van der Waals surface area contributed by atoms with E-state index in [0.29, 0.717) is 12.0 Å². The standard InChI is InChI=1S/C15H25F2N/c1-4-8-14(15(17)13-16)9-7-12-18(10-5-2)11-6-3/h4,8,13H,1,5-7,9-12H2,2-3H3/b14-8-,15-13-. The van der Waals surface area contributed by atoms with Crippen molar-refractivity contribution in [3.05, 3.63) is 36.5 Å². The molecule has 0 aromatic carbocycles. The summed E-state index contributed by atoms with van der Waals surface area (Å²) in [4.78, 5) is 2.36. The first-order valence-electron chi connectivity index (χ1n) is 6.69. The van der Waals surface area contributed by atoms with Crippen LogP contribution in [0.5, 0.6) is 0 Å². The van der Waals surface area contributed by atoms with E-state index in [4.69, 9.17) is 0 Å². The van der Waals surface area contributed by atoms with E-state index in [1.807, 2.05) is 0 Å². The van der Waals surface area contributed by atoms with Crippen molar-refractivity contribution < 1.29 is 8.78 Å². The van der Waals surface area contributed by atoms with Crippen molar-refractivity contribution in [1.82, 2.24) is 4.90 Å². The number of allylic oxidation sites excluding steroid dienone is 4. The predicted octanol–water partition coefficient (Wildman–Crippen LogP) is 4.78. The lowest BCUT2D eigenvalue weighted by Gasteiger charge is -2.20. The molecule has 18 heavy (non-hydrogen) atoms. The van der Waals surface area contributed by atoms with E-state index < -0.39 is 5.83 Å². The third kappa shape index (κ3) is 7.38. The third-order valence-corrected chi connectivity index (χ3v) is 2.72. The van der Waals surface area contributed by atoms with Gasteiger partial charge in [0.1, 0.15) is 6.33 Å². The highest BCUT2D eigenvalue weighted by atomic mass is 19.2. The van der Waals surface area contributed by atoms with Crippen molar-refractivity contribution in [3.63, 3.8) is 0 Å². The average Bonchev–Trinajstić information content (AvgIpc) is 2.37. The molecule has 104 valence electrons. The highest BCUT2D eigenvalue weighted by molar-refractivity contribution is 5.27. The number of hydrogen-bond acceptors (Lipinski definition) is 1. The molecule has 0 heterocycles. The van der Waals surface area contributed by atoms with Gasteiger partial charge in [0.05, 0.1) is 0 Å². The van der Waals surface area contributed by atoms with Crippen LogP contribution >= 0.6 is 0 Å². The molecule has 0 atom stereocenters. The zero-order valence-corrected chi connectivity index (χ0v) is 11.6. The summed E-state index contributed by atoms with van der Waals surface area (Å²) in [6.07, 6.45) is 6.67. The lowest BCUT2D eigenvalue weighted by atomic mass is 10.1. The van der Waals surface area contributed by atoms with Gasteiger partial charge in [0.25, 0.3) is 0 Å². The van der Waals surface area contributed by atoms with Gasteiger partial charge in [-0.2, -0.15) is 0 Å². The first-order chi connectivity index (χ1) is 8.69. The Morgan fingerprint density at radius 1 is 1.17 bits per heavy atom. The normalized spacial score (nSPS) is 13.2. The molecule has 0 unspecified atom stereocenters. The Kier molecular flexibility index (Phi) is 10.6.